The van der Waals surface area contributed by atoms with Crippen molar-refractivity contribution in [2.75, 3.05) is 5.73 Å². The molecule has 1 heterocycles. The molecule has 0 unspecified atom stereocenters. The van der Waals surface area contributed by atoms with Crippen LogP contribution in [0, 0.1) is 10.1 Å². The molecule has 2 aromatic rings. The molecule has 0 bridgehead atoms. The lowest BCUT2D eigenvalue weighted by Gasteiger charge is -2.06. The number of ether oxygens (including phenoxy) is 1. The number of hydrogen-bond donors (Lipinski definition) is 2. The molecule has 1 aromatic heterocycles. The summed E-state index contributed by atoms with van der Waals surface area (Å²) in [6.07, 6.45) is 0. The van der Waals surface area contributed by atoms with Crippen LogP contribution in [0.3, 0.4) is 0 Å². The van der Waals surface area contributed by atoms with E-state index in [0.717, 1.165) is 0 Å². The molecule has 0 fully saturated rings. The topological polar surface area (TPSA) is 112 Å². The van der Waals surface area contributed by atoms with Crippen LogP contribution >= 0.6 is 0 Å². The van der Waals surface area contributed by atoms with Gasteiger partial charge in [0.1, 0.15) is 0 Å². The van der Waals surface area contributed by atoms with Crippen molar-refractivity contribution in [3.63, 3.8) is 0 Å². The van der Waals surface area contributed by atoms with Gasteiger partial charge in [-0.1, -0.05) is 12.1 Å². The molecule has 0 saturated heterocycles. The number of aromatic hydroxyl groups is 1. The van der Waals surface area contributed by atoms with Gasteiger partial charge in [-0.15, -0.1) is 0 Å². The Labute approximate surface area is 102 Å². The quantitative estimate of drug-likeness (QED) is 0.634. The molecule has 1 aromatic carbocycles. The minimum atomic E-state index is -0.633. The summed E-state index contributed by atoms with van der Waals surface area (Å²) in [5.41, 5.74) is 5.13. The number of pyridine rings is 1. The summed E-state index contributed by atoms with van der Waals surface area (Å²) in [7, 11) is 0. The van der Waals surface area contributed by atoms with Gasteiger partial charge in [0.2, 0.25) is 11.7 Å². The van der Waals surface area contributed by atoms with Crippen LogP contribution in [-0.2, 0) is 0 Å². The van der Waals surface area contributed by atoms with Gasteiger partial charge in [0.25, 0.3) is 0 Å². The van der Waals surface area contributed by atoms with Crippen LogP contribution in [0.4, 0.5) is 11.5 Å². The molecule has 0 amide bonds. The molecular weight excluding hydrogens is 238 g/mol. The van der Waals surface area contributed by atoms with E-state index in [1.54, 1.807) is 12.1 Å². The lowest BCUT2D eigenvalue weighted by atomic mass is 10.3. The minimum Gasteiger partial charge on any atom is -0.504 e. The summed E-state index contributed by atoms with van der Waals surface area (Å²) in [4.78, 5) is 13.7. The van der Waals surface area contributed by atoms with Crippen molar-refractivity contribution in [2.24, 2.45) is 0 Å². The van der Waals surface area contributed by atoms with E-state index in [1.807, 2.05) is 0 Å². The zero-order valence-corrected chi connectivity index (χ0v) is 9.11. The number of aromatic nitrogens is 1. The van der Waals surface area contributed by atoms with E-state index >= 15 is 0 Å². The minimum absolute atomic E-state index is 0.0591. The van der Waals surface area contributed by atoms with Gasteiger partial charge in [-0.3, -0.25) is 10.1 Å². The summed E-state index contributed by atoms with van der Waals surface area (Å²) in [6, 6.07) is 8.79. The molecule has 2 rings (SSSR count). The predicted octanol–water partition coefficient (Wildman–Crippen LogP) is 2.07. The number of nitro groups is 1. The highest BCUT2D eigenvalue weighted by atomic mass is 16.6. The van der Waals surface area contributed by atoms with E-state index < -0.39 is 4.92 Å². The van der Waals surface area contributed by atoms with Gasteiger partial charge in [-0.05, 0) is 12.1 Å². The van der Waals surface area contributed by atoms with Gasteiger partial charge in [0, 0.05) is 12.1 Å². The van der Waals surface area contributed by atoms with Crippen LogP contribution in [0.15, 0.2) is 36.4 Å². The van der Waals surface area contributed by atoms with E-state index in [9.17, 15) is 15.2 Å². The number of nitrogens with zero attached hydrogens (tertiary/aromatic N) is 2. The Morgan fingerprint density at radius 2 is 2.00 bits per heavy atom. The fraction of sp³-hybridized carbons (Fsp3) is 0. The Morgan fingerprint density at radius 1 is 1.28 bits per heavy atom. The Kier molecular flexibility index (Phi) is 2.96. The molecule has 7 heteroatoms. The number of phenolic OH excluding ortho intramolecular Hbond substituents is 1. The van der Waals surface area contributed by atoms with Gasteiger partial charge >= 0.3 is 5.69 Å². The highest BCUT2D eigenvalue weighted by Gasteiger charge is 2.14. The first-order valence-corrected chi connectivity index (χ1v) is 4.94. The van der Waals surface area contributed by atoms with Crippen molar-refractivity contribution < 1.29 is 14.8 Å². The summed E-state index contributed by atoms with van der Waals surface area (Å²) in [5.74, 6) is -0.0398. The summed E-state index contributed by atoms with van der Waals surface area (Å²) >= 11 is 0. The van der Waals surface area contributed by atoms with E-state index in [4.69, 9.17) is 10.5 Å². The summed E-state index contributed by atoms with van der Waals surface area (Å²) in [6.45, 7) is 0. The first-order valence-electron chi connectivity index (χ1n) is 4.94. The number of rotatable bonds is 3. The number of benzene rings is 1. The molecule has 0 aliphatic rings. The molecule has 92 valence electrons. The second-order valence-corrected chi connectivity index (χ2v) is 3.38. The molecule has 7 nitrogen and oxygen atoms in total. The second-order valence-electron chi connectivity index (χ2n) is 3.38. The number of nitrogen functional groups attached to an aromatic ring is 1. The highest BCUT2D eigenvalue weighted by Crippen LogP contribution is 2.30. The van der Waals surface area contributed by atoms with Crippen molar-refractivity contribution >= 4 is 11.5 Å². The van der Waals surface area contributed by atoms with Crippen LogP contribution in [-0.4, -0.2) is 15.0 Å². The van der Waals surface area contributed by atoms with E-state index in [0.29, 0.717) is 0 Å². The van der Waals surface area contributed by atoms with Crippen molar-refractivity contribution in [3.8, 4) is 17.4 Å². The lowest BCUT2D eigenvalue weighted by molar-refractivity contribution is -0.384. The van der Waals surface area contributed by atoms with Crippen LogP contribution in [0.1, 0.15) is 0 Å². The van der Waals surface area contributed by atoms with Crippen LogP contribution in [0.5, 0.6) is 17.4 Å². The number of hydrogen-bond acceptors (Lipinski definition) is 6. The third kappa shape index (κ3) is 2.29. The van der Waals surface area contributed by atoms with Crippen LogP contribution in [0.2, 0.25) is 0 Å². The van der Waals surface area contributed by atoms with Crippen molar-refractivity contribution in [1.82, 2.24) is 4.98 Å². The van der Waals surface area contributed by atoms with Crippen molar-refractivity contribution in [2.45, 2.75) is 0 Å². The Morgan fingerprint density at radius 3 is 2.61 bits per heavy atom. The Balaban J connectivity index is 2.29. The van der Waals surface area contributed by atoms with Gasteiger partial charge in [-0.25, -0.2) is 0 Å². The van der Waals surface area contributed by atoms with Crippen LogP contribution < -0.4 is 10.5 Å². The number of phenols is 1. The molecule has 18 heavy (non-hydrogen) atoms. The zero-order chi connectivity index (χ0) is 13.1. The molecule has 0 aliphatic heterocycles. The molecule has 0 spiro atoms. The smallest absolute Gasteiger partial charge is 0.311 e. The Hall–Kier alpha value is -2.83. The normalized spacial score (nSPS) is 10.0. The summed E-state index contributed by atoms with van der Waals surface area (Å²) in [5, 5.41) is 20.0. The average Bonchev–Trinajstić information content (AvgIpc) is 2.32. The fourth-order valence-corrected chi connectivity index (χ4v) is 1.32. The fourth-order valence-electron chi connectivity index (χ4n) is 1.32. The highest BCUT2D eigenvalue weighted by molar-refractivity contribution is 5.54. The maximum atomic E-state index is 10.6. The van der Waals surface area contributed by atoms with Gasteiger partial charge in [-0.2, -0.15) is 4.98 Å². The largest absolute Gasteiger partial charge is 0.504 e. The van der Waals surface area contributed by atoms with E-state index in [2.05, 4.69) is 4.98 Å². The number of anilines is 1. The molecule has 0 saturated carbocycles. The third-order valence-corrected chi connectivity index (χ3v) is 2.15. The van der Waals surface area contributed by atoms with E-state index in [1.165, 1.54) is 24.3 Å². The van der Waals surface area contributed by atoms with Crippen LogP contribution in [0.25, 0.3) is 0 Å². The van der Waals surface area contributed by atoms with Crippen molar-refractivity contribution in [1.29, 1.82) is 0 Å². The SMILES string of the molecule is Nc1nc(Oc2ccccc2O)ccc1[N+](=O)[O-]. The summed E-state index contributed by atoms with van der Waals surface area (Å²) < 4.78 is 5.26. The zero-order valence-electron chi connectivity index (χ0n) is 9.11. The lowest BCUT2D eigenvalue weighted by Crippen LogP contribution is -1.99. The van der Waals surface area contributed by atoms with E-state index in [-0.39, 0.29) is 28.9 Å². The average molecular weight is 247 g/mol. The second kappa shape index (κ2) is 4.58. The predicted molar refractivity (Wildman–Crippen MR) is 63.5 cm³/mol. The number of nitrogens with two attached hydrogens (primary N) is 1. The maximum Gasteiger partial charge on any atom is 0.311 e. The van der Waals surface area contributed by atoms with Gasteiger partial charge in [0.15, 0.2) is 11.5 Å². The molecule has 0 aliphatic carbocycles. The molecular formula is C11H9N3O4. The van der Waals surface area contributed by atoms with Crippen molar-refractivity contribution in [3.05, 3.63) is 46.5 Å². The number of para-hydroxylation sites is 2. The maximum absolute atomic E-state index is 10.6. The standard InChI is InChI=1S/C11H9N3O4/c12-11-7(14(16)17)5-6-10(13-11)18-9-4-2-1-3-8(9)15/h1-6,15H,(H2,12,13). The van der Waals surface area contributed by atoms with Gasteiger partial charge < -0.3 is 15.6 Å². The monoisotopic (exact) mass is 247 g/mol. The molecule has 3 N–H and O–H groups in total. The third-order valence-electron chi connectivity index (χ3n) is 2.15. The molecule has 0 radical (unpaired) electrons. The Bertz CT molecular complexity index is 601. The molecule has 0 atom stereocenters. The first kappa shape index (κ1) is 11.6. The van der Waals surface area contributed by atoms with Gasteiger partial charge in [0.05, 0.1) is 4.92 Å². The first-order chi connectivity index (χ1) is 8.58.